The van der Waals surface area contributed by atoms with Crippen LogP contribution < -0.4 is 10.6 Å². The number of carbonyl (C=O) groups is 2. The van der Waals surface area contributed by atoms with E-state index < -0.39 is 0 Å². The molecule has 0 bridgehead atoms. The Balaban J connectivity index is 1.97. The lowest BCUT2D eigenvalue weighted by Gasteiger charge is -2.02. The molecule has 0 aliphatic carbocycles. The fourth-order valence-corrected chi connectivity index (χ4v) is 2.23. The first-order valence-electron chi connectivity index (χ1n) is 7.88. The quantitative estimate of drug-likeness (QED) is 0.803. The lowest BCUT2D eigenvalue weighted by Crippen LogP contribution is -2.19. The highest BCUT2D eigenvalue weighted by molar-refractivity contribution is 5.79. The van der Waals surface area contributed by atoms with E-state index >= 15 is 0 Å². The van der Waals surface area contributed by atoms with Crippen molar-refractivity contribution in [2.75, 3.05) is 14.1 Å². The van der Waals surface area contributed by atoms with E-state index in [0.29, 0.717) is 12.8 Å². The van der Waals surface area contributed by atoms with Gasteiger partial charge in [-0.3, -0.25) is 9.59 Å². The van der Waals surface area contributed by atoms with Crippen molar-refractivity contribution in [1.29, 1.82) is 0 Å². The van der Waals surface area contributed by atoms with Gasteiger partial charge in [-0.2, -0.15) is 0 Å². The van der Waals surface area contributed by atoms with Crippen molar-refractivity contribution < 1.29 is 9.59 Å². The van der Waals surface area contributed by atoms with Gasteiger partial charge in [0.2, 0.25) is 11.8 Å². The van der Waals surface area contributed by atoms with Gasteiger partial charge in [-0.1, -0.05) is 60.7 Å². The molecule has 2 rings (SSSR count). The van der Waals surface area contributed by atoms with Crippen molar-refractivity contribution in [2.45, 2.75) is 12.8 Å². The first-order valence-corrected chi connectivity index (χ1v) is 7.88. The fourth-order valence-electron chi connectivity index (χ4n) is 2.23. The number of benzene rings is 2. The zero-order valence-electron chi connectivity index (χ0n) is 14.0. The molecule has 0 unspecified atom stereocenters. The summed E-state index contributed by atoms with van der Waals surface area (Å²) in [7, 11) is 3.28. The molecular weight excluding hydrogens is 300 g/mol. The summed E-state index contributed by atoms with van der Waals surface area (Å²) in [6.07, 6.45) is 4.84. The maximum absolute atomic E-state index is 11.3. The van der Waals surface area contributed by atoms with Crippen LogP contribution in [-0.4, -0.2) is 25.9 Å². The highest BCUT2D eigenvalue weighted by Gasteiger charge is 2.01. The lowest BCUT2D eigenvalue weighted by atomic mass is 10.1. The van der Waals surface area contributed by atoms with E-state index in [2.05, 4.69) is 10.6 Å². The monoisotopic (exact) mass is 322 g/mol. The van der Waals surface area contributed by atoms with E-state index in [4.69, 9.17) is 0 Å². The predicted molar refractivity (Wildman–Crippen MR) is 97.4 cm³/mol. The minimum Gasteiger partial charge on any atom is -0.359 e. The Kier molecular flexibility index (Phi) is 6.32. The van der Waals surface area contributed by atoms with Crippen LogP contribution in [0, 0.1) is 0 Å². The van der Waals surface area contributed by atoms with Gasteiger partial charge in [-0.25, -0.2) is 0 Å². The van der Waals surface area contributed by atoms with E-state index in [1.165, 1.54) is 0 Å². The van der Waals surface area contributed by atoms with Crippen molar-refractivity contribution in [2.24, 2.45) is 0 Å². The first kappa shape index (κ1) is 17.5. The minimum atomic E-state index is 0.00939. The maximum Gasteiger partial charge on any atom is 0.224 e. The smallest absolute Gasteiger partial charge is 0.224 e. The Labute approximate surface area is 142 Å². The van der Waals surface area contributed by atoms with Crippen LogP contribution in [0.4, 0.5) is 0 Å². The Bertz CT molecular complexity index is 653. The first-order chi connectivity index (χ1) is 11.6. The molecule has 0 fully saturated rings. The summed E-state index contributed by atoms with van der Waals surface area (Å²) in [5.74, 6) is 0.0188. The molecular formula is C20H22N2O2. The molecule has 0 spiro atoms. The van der Waals surface area contributed by atoms with Crippen molar-refractivity contribution in [3.8, 4) is 0 Å². The summed E-state index contributed by atoms with van der Waals surface area (Å²) in [5, 5.41) is 5.23. The lowest BCUT2D eigenvalue weighted by molar-refractivity contribution is -0.120. The van der Waals surface area contributed by atoms with Crippen LogP contribution >= 0.6 is 0 Å². The predicted octanol–water partition coefficient (Wildman–Crippen LogP) is 2.43. The topological polar surface area (TPSA) is 58.2 Å². The summed E-state index contributed by atoms with van der Waals surface area (Å²) in [4.78, 5) is 22.7. The van der Waals surface area contributed by atoms with E-state index in [9.17, 15) is 9.59 Å². The molecule has 0 aliphatic heterocycles. The molecule has 0 aromatic heterocycles. The Hall–Kier alpha value is -2.88. The Morgan fingerprint density at radius 2 is 1.04 bits per heavy atom. The summed E-state index contributed by atoms with van der Waals surface area (Å²) in [6, 6.07) is 15.8. The van der Waals surface area contributed by atoms with Gasteiger partial charge in [0.25, 0.3) is 0 Å². The second-order valence-electron chi connectivity index (χ2n) is 5.52. The molecule has 0 aliphatic rings. The van der Waals surface area contributed by atoms with Crippen LogP contribution in [0.3, 0.4) is 0 Å². The molecule has 2 amide bonds. The Morgan fingerprint density at radius 3 is 1.33 bits per heavy atom. The third kappa shape index (κ3) is 5.39. The molecule has 0 saturated heterocycles. The summed E-state index contributed by atoms with van der Waals surface area (Å²) < 4.78 is 0. The number of likely N-dealkylation sites (N-methyl/N-ethyl adjacent to an activating group) is 2. The van der Waals surface area contributed by atoms with Crippen LogP contribution in [-0.2, 0) is 22.4 Å². The Morgan fingerprint density at radius 1 is 0.708 bits per heavy atom. The van der Waals surface area contributed by atoms with Gasteiger partial charge in [-0.15, -0.1) is 0 Å². The van der Waals surface area contributed by atoms with E-state index in [1.54, 1.807) is 14.1 Å². The molecule has 4 heteroatoms. The normalized spacial score (nSPS) is 10.6. The van der Waals surface area contributed by atoms with Gasteiger partial charge < -0.3 is 10.6 Å². The molecule has 0 heterocycles. The molecule has 2 aromatic rings. The number of hydrogen-bond donors (Lipinski definition) is 2. The maximum atomic E-state index is 11.3. The largest absolute Gasteiger partial charge is 0.359 e. The van der Waals surface area contributed by atoms with Crippen molar-refractivity contribution in [3.63, 3.8) is 0 Å². The van der Waals surface area contributed by atoms with Crippen LogP contribution in [0.25, 0.3) is 12.2 Å². The van der Waals surface area contributed by atoms with Gasteiger partial charge in [0.1, 0.15) is 0 Å². The van der Waals surface area contributed by atoms with E-state index in [1.807, 2.05) is 60.7 Å². The van der Waals surface area contributed by atoms with Gasteiger partial charge >= 0.3 is 0 Å². The third-order valence-electron chi connectivity index (χ3n) is 3.71. The number of amides is 2. The number of carbonyl (C=O) groups excluding carboxylic acids is 2. The number of nitrogens with one attached hydrogen (secondary N) is 2. The van der Waals surface area contributed by atoms with E-state index in [-0.39, 0.29) is 11.8 Å². The number of rotatable bonds is 6. The van der Waals surface area contributed by atoms with Crippen LogP contribution in [0.2, 0.25) is 0 Å². The molecule has 0 atom stereocenters. The second kappa shape index (κ2) is 8.67. The number of hydrogen-bond acceptors (Lipinski definition) is 2. The summed E-state index contributed by atoms with van der Waals surface area (Å²) in [5.41, 5.74) is 4.13. The highest BCUT2D eigenvalue weighted by Crippen LogP contribution is 2.12. The molecule has 2 N–H and O–H groups in total. The van der Waals surface area contributed by atoms with Crippen LogP contribution in [0.1, 0.15) is 22.3 Å². The average molecular weight is 322 g/mol. The minimum absolute atomic E-state index is 0.00939. The zero-order chi connectivity index (χ0) is 17.4. The molecule has 24 heavy (non-hydrogen) atoms. The SMILES string of the molecule is CNC(=O)Cc1ccc(/C=C/c2ccc(CC(=O)NC)cc2)cc1. The summed E-state index contributed by atoms with van der Waals surface area (Å²) >= 11 is 0. The molecule has 124 valence electrons. The van der Waals surface area contributed by atoms with Crippen molar-refractivity contribution in [3.05, 3.63) is 70.8 Å². The van der Waals surface area contributed by atoms with Gasteiger partial charge in [0.15, 0.2) is 0 Å². The zero-order valence-corrected chi connectivity index (χ0v) is 14.0. The molecule has 4 nitrogen and oxygen atoms in total. The highest BCUT2D eigenvalue weighted by atomic mass is 16.2. The van der Waals surface area contributed by atoms with Crippen molar-refractivity contribution >= 4 is 24.0 Å². The average Bonchev–Trinajstić information content (AvgIpc) is 2.62. The summed E-state index contributed by atoms with van der Waals surface area (Å²) in [6.45, 7) is 0. The van der Waals surface area contributed by atoms with Gasteiger partial charge in [0.05, 0.1) is 12.8 Å². The molecule has 0 radical (unpaired) electrons. The van der Waals surface area contributed by atoms with Gasteiger partial charge in [-0.05, 0) is 22.3 Å². The fraction of sp³-hybridized carbons (Fsp3) is 0.200. The third-order valence-corrected chi connectivity index (χ3v) is 3.71. The van der Waals surface area contributed by atoms with Crippen molar-refractivity contribution in [1.82, 2.24) is 10.6 Å². The second-order valence-corrected chi connectivity index (χ2v) is 5.52. The van der Waals surface area contributed by atoms with Gasteiger partial charge in [0, 0.05) is 14.1 Å². The molecule has 0 saturated carbocycles. The van der Waals surface area contributed by atoms with Crippen LogP contribution in [0.5, 0.6) is 0 Å². The molecule has 2 aromatic carbocycles. The van der Waals surface area contributed by atoms with E-state index in [0.717, 1.165) is 22.3 Å². The standard InChI is InChI=1S/C20H22N2O2/c1-21-19(23)13-17-9-5-15(6-10-17)3-4-16-7-11-18(12-8-16)14-20(24)22-2/h3-12H,13-14H2,1-2H3,(H,21,23)(H,22,24)/b4-3+. The van der Waals surface area contributed by atoms with Crippen LogP contribution in [0.15, 0.2) is 48.5 Å².